The number of thioether (sulfide) groups is 1. The Morgan fingerprint density at radius 3 is 2.48 bits per heavy atom. The second kappa shape index (κ2) is 10.7. The molecule has 0 amide bonds. The summed E-state index contributed by atoms with van der Waals surface area (Å²) in [6, 6.07) is 24.9. The lowest BCUT2D eigenvalue weighted by Gasteiger charge is -2.51. The maximum Gasteiger partial charge on any atom is 0.268 e. The Kier molecular flexibility index (Phi) is 7.27. The van der Waals surface area contributed by atoms with E-state index in [0.29, 0.717) is 17.7 Å². The van der Waals surface area contributed by atoms with E-state index in [2.05, 4.69) is 54.3 Å². The topological polar surface area (TPSA) is 51.5 Å². The van der Waals surface area contributed by atoms with Crippen molar-refractivity contribution in [2.24, 2.45) is 5.41 Å². The molecule has 8 heteroatoms. The third-order valence-electron chi connectivity index (χ3n) is 8.37. The van der Waals surface area contributed by atoms with Gasteiger partial charge in [-0.3, -0.25) is 0 Å². The minimum absolute atomic E-state index is 0.0349. The Bertz CT molecular complexity index is 1690. The molecule has 0 fully saturated rings. The van der Waals surface area contributed by atoms with Crippen LogP contribution in [0.15, 0.2) is 101 Å². The number of aromatic nitrogens is 1. The molecule has 5 nitrogen and oxygen atoms in total. The lowest BCUT2D eigenvalue weighted by atomic mass is 9.65. The first-order valence-corrected chi connectivity index (χ1v) is 16.4. The van der Waals surface area contributed by atoms with Crippen LogP contribution in [0.4, 0.5) is 0 Å². The zero-order chi connectivity index (χ0) is 27.9. The van der Waals surface area contributed by atoms with Crippen LogP contribution in [0.25, 0.3) is 10.9 Å². The van der Waals surface area contributed by atoms with Crippen molar-refractivity contribution in [2.75, 3.05) is 19.4 Å². The third kappa shape index (κ3) is 4.46. The molecule has 0 N–H and O–H groups in total. The number of benzene rings is 3. The summed E-state index contributed by atoms with van der Waals surface area (Å²) >= 11 is 7.77. The smallest absolute Gasteiger partial charge is 0.268 e. The highest BCUT2D eigenvalue weighted by Crippen LogP contribution is 2.55. The first-order chi connectivity index (χ1) is 19.4. The minimum Gasteiger partial charge on any atom is -0.497 e. The molecule has 206 valence electrons. The van der Waals surface area contributed by atoms with Gasteiger partial charge >= 0.3 is 0 Å². The van der Waals surface area contributed by atoms with Crippen LogP contribution in [0.1, 0.15) is 37.1 Å². The summed E-state index contributed by atoms with van der Waals surface area (Å²) in [5.74, 6) is 1.50. The molecule has 1 aromatic heterocycles. The molecule has 6 rings (SSSR count). The molecule has 0 saturated carbocycles. The average molecular weight is 589 g/mol. The highest BCUT2D eigenvalue weighted by Gasteiger charge is 2.49. The fourth-order valence-electron chi connectivity index (χ4n) is 6.34. The quantitative estimate of drug-likeness (QED) is 0.160. The summed E-state index contributed by atoms with van der Waals surface area (Å²) in [7, 11) is -2.27. The van der Waals surface area contributed by atoms with Gasteiger partial charge in [0, 0.05) is 39.3 Å². The molecule has 2 aliphatic rings. The van der Waals surface area contributed by atoms with Gasteiger partial charge in [0.05, 0.1) is 23.6 Å². The second-order valence-electron chi connectivity index (χ2n) is 10.3. The van der Waals surface area contributed by atoms with Gasteiger partial charge in [-0.1, -0.05) is 61.6 Å². The zero-order valence-electron chi connectivity index (χ0n) is 22.6. The maximum atomic E-state index is 14.2. The first-order valence-electron chi connectivity index (χ1n) is 13.6. The molecule has 1 aliphatic heterocycles. The van der Waals surface area contributed by atoms with Crippen LogP contribution >= 0.6 is 24.0 Å². The van der Waals surface area contributed by atoms with Crippen molar-refractivity contribution in [3.05, 3.63) is 102 Å². The Morgan fingerprint density at radius 1 is 1.02 bits per heavy atom. The number of fused-ring (bicyclic) bond motifs is 5. The van der Waals surface area contributed by atoms with Gasteiger partial charge in [-0.25, -0.2) is 12.4 Å². The number of ether oxygens (including phenoxy) is 1. The molecule has 40 heavy (non-hydrogen) atoms. The normalized spacial score (nSPS) is 20.4. The van der Waals surface area contributed by atoms with Gasteiger partial charge in [0.25, 0.3) is 10.0 Å². The van der Waals surface area contributed by atoms with Gasteiger partial charge in [0.15, 0.2) is 0 Å². The molecule has 1 aliphatic carbocycles. The standard InChI is InChI=1S/C32H32N2O3S3/c1-3-32-19-17-28-30(31(32)33(29(38)18-20-32)21-22-39-24-9-5-4-6-10-24)26-11-7-8-12-27(26)34(28)40(35,36)25-15-13-23(37-2)14-16-25/h4-16,18,20,31H,3,17,19,21-22H2,1-2H3/t31-,32+/m0/s1. The number of methoxy groups -OCH3 is 1. The number of rotatable bonds is 8. The molecule has 0 unspecified atom stereocenters. The van der Waals surface area contributed by atoms with Gasteiger partial charge in [-0.05, 0) is 67.8 Å². The zero-order valence-corrected chi connectivity index (χ0v) is 25.1. The van der Waals surface area contributed by atoms with E-state index in [4.69, 9.17) is 17.0 Å². The number of nitrogens with zero attached hydrogens (tertiary/aromatic N) is 2. The van der Waals surface area contributed by atoms with Gasteiger partial charge in [0.1, 0.15) is 10.7 Å². The molecule has 0 radical (unpaired) electrons. The summed E-state index contributed by atoms with van der Waals surface area (Å²) in [6.45, 7) is 3.01. The fraction of sp³-hybridized carbons (Fsp3) is 0.281. The summed E-state index contributed by atoms with van der Waals surface area (Å²) in [6.07, 6.45) is 6.88. The molecule has 0 spiro atoms. The summed E-state index contributed by atoms with van der Waals surface area (Å²) < 4.78 is 35.3. The van der Waals surface area contributed by atoms with Crippen LogP contribution in [0, 0.1) is 5.41 Å². The summed E-state index contributed by atoms with van der Waals surface area (Å²) in [4.78, 5) is 4.64. The van der Waals surface area contributed by atoms with Crippen molar-refractivity contribution in [1.82, 2.24) is 8.87 Å². The Hall–Kier alpha value is -3.07. The lowest BCUT2D eigenvalue weighted by molar-refractivity contribution is 0.133. The molecule has 2 atom stereocenters. The molecule has 2 heterocycles. The number of thiocarbonyl (C=S) groups is 1. The SMILES string of the molecule is CC[C@@]12C=CC(=S)N(CCSc3ccccc3)[C@H]1c1c(n(S(=O)(=O)c3ccc(OC)cc3)c3ccccc13)CC2. The van der Waals surface area contributed by atoms with Crippen molar-refractivity contribution in [2.45, 2.75) is 42.0 Å². The van der Waals surface area contributed by atoms with Crippen molar-refractivity contribution in [3.63, 3.8) is 0 Å². The number of hydrogen-bond acceptors (Lipinski definition) is 5. The molecule has 4 aromatic rings. The Balaban J connectivity index is 1.49. The Morgan fingerprint density at radius 2 is 1.75 bits per heavy atom. The first kappa shape index (κ1) is 27.1. The van der Waals surface area contributed by atoms with Crippen LogP contribution in [0.5, 0.6) is 5.75 Å². The molecular formula is C32H32N2O3S3. The van der Waals surface area contributed by atoms with Crippen LogP contribution in [-0.4, -0.2) is 41.7 Å². The molecule has 0 bridgehead atoms. The van der Waals surface area contributed by atoms with Crippen LogP contribution in [0.2, 0.25) is 0 Å². The van der Waals surface area contributed by atoms with E-state index in [0.717, 1.165) is 46.8 Å². The van der Waals surface area contributed by atoms with Crippen molar-refractivity contribution >= 4 is 49.9 Å². The van der Waals surface area contributed by atoms with Crippen molar-refractivity contribution in [3.8, 4) is 5.75 Å². The Labute approximate surface area is 245 Å². The highest BCUT2D eigenvalue weighted by atomic mass is 32.2. The fourth-order valence-corrected chi connectivity index (χ4v) is 9.07. The van der Waals surface area contributed by atoms with E-state index >= 15 is 0 Å². The van der Waals surface area contributed by atoms with Gasteiger partial charge < -0.3 is 9.64 Å². The summed E-state index contributed by atoms with van der Waals surface area (Å²) in [5.41, 5.74) is 2.56. The molecule has 0 saturated heterocycles. The van der Waals surface area contributed by atoms with E-state index in [1.54, 1.807) is 35.3 Å². The average Bonchev–Trinajstić information content (AvgIpc) is 3.34. The van der Waals surface area contributed by atoms with Gasteiger partial charge in [0.2, 0.25) is 0 Å². The highest BCUT2D eigenvalue weighted by molar-refractivity contribution is 7.99. The summed E-state index contributed by atoms with van der Waals surface area (Å²) in [5, 5.41) is 0.982. The molecule has 3 aromatic carbocycles. The third-order valence-corrected chi connectivity index (χ3v) is 11.5. The van der Waals surface area contributed by atoms with Gasteiger partial charge in [-0.2, -0.15) is 0 Å². The van der Waals surface area contributed by atoms with E-state index in [1.165, 1.54) is 4.90 Å². The van der Waals surface area contributed by atoms with Crippen LogP contribution in [-0.2, 0) is 16.4 Å². The lowest BCUT2D eigenvalue weighted by Crippen LogP contribution is -2.48. The predicted octanol–water partition coefficient (Wildman–Crippen LogP) is 7.26. The predicted molar refractivity (Wildman–Crippen MR) is 167 cm³/mol. The molecular weight excluding hydrogens is 557 g/mol. The van der Waals surface area contributed by atoms with Crippen molar-refractivity contribution < 1.29 is 13.2 Å². The van der Waals surface area contributed by atoms with Crippen LogP contribution in [0.3, 0.4) is 0 Å². The minimum atomic E-state index is -3.85. The maximum absolute atomic E-state index is 14.2. The van der Waals surface area contributed by atoms with Crippen LogP contribution < -0.4 is 4.74 Å². The van der Waals surface area contributed by atoms with Crippen molar-refractivity contribution in [1.29, 1.82) is 0 Å². The van der Waals surface area contributed by atoms with E-state index < -0.39 is 10.0 Å². The monoisotopic (exact) mass is 588 g/mol. The van der Waals surface area contributed by atoms with E-state index in [9.17, 15) is 8.42 Å². The van der Waals surface area contributed by atoms with E-state index in [-0.39, 0.29) is 16.4 Å². The number of hydrogen-bond donors (Lipinski definition) is 0. The van der Waals surface area contributed by atoms with E-state index in [1.807, 2.05) is 36.0 Å². The van der Waals surface area contributed by atoms with Gasteiger partial charge in [-0.15, -0.1) is 11.8 Å². The largest absolute Gasteiger partial charge is 0.497 e. The second-order valence-corrected chi connectivity index (χ2v) is 13.7. The number of para-hydroxylation sites is 1.